The number of thioether (sulfide) groups is 1. The summed E-state index contributed by atoms with van der Waals surface area (Å²) >= 11 is 1.04. The molecule has 8 heteroatoms. The number of nitrogens with zero attached hydrogens (tertiary/aromatic N) is 1. The predicted molar refractivity (Wildman–Crippen MR) is 98.8 cm³/mol. The van der Waals surface area contributed by atoms with Crippen molar-refractivity contribution < 1.29 is 22.8 Å². The zero-order valence-electron chi connectivity index (χ0n) is 14.6. The molecule has 0 saturated carbocycles. The molecule has 0 radical (unpaired) electrons. The van der Waals surface area contributed by atoms with E-state index in [1.54, 1.807) is 31.2 Å². The van der Waals surface area contributed by atoms with Crippen LogP contribution in [-0.4, -0.2) is 23.1 Å². The number of carbonyl (C=O) groups is 2. The fourth-order valence-corrected chi connectivity index (χ4v) is 4.15. The highest BCUT2D eigenvalue weighted by molar-refractivity contribution is 8.02. The summed E-state index contributed by atoms with van der Waals surface area (Å²) < 4.78 is 38.0. The lowest BCUT2D eigenvalue weighted by Crippen LogP contribution is -2.54. The highest BCUT2D eigenvalue weighted by Gasteiger charge is 2.49. The third kappa shape index (κ3) is 3.41. The standard InChI is InChI=1S/C19H17F3N2O2S/c1-3-24-14-10-6-7-11-15(14)27-18(2,17(24)26)16(25)23-13-9-5-4-8-12(13)19(20,21)22/h4-11H,3H2,1-2H3,(H,23,25). The Bertz CT molecular complexity index is 901. The first-order valence-corrected chi connectivity index (χ1v) is 9.08. The van der Waals surface area contributed by atoms with Crippen molar-refractivity contribution in [1.82, 2.24) is 0 Å². The monoisotopic (exact) mass is 394 g/mol. The van der Waals surface area contributed by atoms with Gasteiger partial charge in [-0.25, -0.2) is 0 Å². The second-order valence-electron chi connectivity index (χ2n) is 6.15. The van der Waals surface area contributed by atoms with Crippen LogP contribution in [0.5, 0.6) is 0 Å². The number of halogens is 3. The highest BCUT2D eigenvalue weighted by atomic mass is 32.2. The molecule has 0 aliphatic carbocycles. The van der Waals surface area contributed by atoms with E-state index in [1.165, 1.54) is 30.0 Å². The van der Waals surface area contributed by atoms with Crippen LogP contribution in [0.25, 0.3) is 0 Å². The molecule has 2 amide bonds. The van der Waals surface area contributed by atoms with Crippen molar-refractivity contribution in [3.63, 3.8) is 0 Å². The summed E-state index contributed by atoms with van der Waals surface area (Å²) in [6.45, 7) is 3.56. The van der Waals surface area contributed by atoms with Crippen molar-refractivity contribution in [3.8, 4) is 0 Å². The van der Waals surface area contributed by atoms with E-state index < -0.39 is 28.3 Å². The van der Waals surface area contributed by atoms with Crippen LogP contribution in [0.4, 0.5) is 24.5 Å². The van der Waals surface area contributed by atoms with Crippen LogP contribution in [0.2, 0.25) is 0 Å². The molecule has 27 heavy (non-hydrogen) atoms. The van der Waals surface area contributed by atoms with Crippen molar-refractivity contribution in [2.24, 2.45) is 0 Å². The lowest BCUT2D eigenvalue weighted by atomic mass is 10.1. The van der Waals surface area contributed by atoms with Crippen LogP contribution in [0.3, 0.4) is 0 Å². The summed E-state index contributed by atoms with van der Waals surface area (Å²) in [6.07, 6.45) is -4.61. The molecule has 1 unspecified atom stereocenters. The number of amides is 2. The summed E-state index contributed by atoms with van der Waals surface area (Å²) in [5.41, 5.74) is -0.634. The minimum Gasteiger partial charge on any atom is -0.324 e. The van der Waals surface area contributed by atoms with Gasteiger partial charge in [0.05, 0.1) is 16.9 Å². The molecular weight excluding hydrogens is 377 g/mol. The first-order valence-electron chi connectivity index (χ1n) is 8.26. The second-order valence-corrected chi connectivity index (χ2v) is 7.61. The Hall–Kier alpha value is -2.48. The molecular formula is C19H17F3N2O2S. The second kappa shape index (κ2) is 6.92. The van der Waals surface area contributed by atoms with Crippen LogP contribution >= 0.6 is 11.8 Å². The van der Waals surface area contributed by atoms with Gasteiger partial charge >= 0.3 is 6.18 Å². The Morgan fingerprint density at radius 1 is 1.15 bits per heavy atom. The number of para-hydroxylation sites is 2. The molecule has 142 valence electrons. The molecule has 2 aromatic rings. The smallest absolute Gasteiger partial charge is 0.324 e. The number of hydrogen-bond donors (Lipinski definition) is 1. The van der Waals surface area contributed by atoms with Gasteiger partial charge in [-0.1, -0.05) is 36.0 Å². The lowest BCUT2D eigenvalue weighted by Gasteiger charge is -2.38. The van der Waals surface area contributed by atoms with E-state index in [9.17, 15) is 22.8 Å². The molecule has 1 heterocycles. The minimum absolute atomic E-state index is 0.346. The highest BCUT2D eigenvalue weighted by Crippen LogP contribution is 2.46. The van der Waals surface area contributed by atoms with Gasteiger partial charge in [-0.2, -0.15) is 13.2 Å². The summed E-state index contributed by atoms with van der Waals surface area (Å²) in [5.74, 6) is -1.25. The van der Waals surface area contributed by atoms with E-state index >= 15 is 0 Å². The molecule has 4 nitrogen and oxygen atoms in total. The van der Waals surface area contributed by atoms with Gasteiger partial charge in [-0.15, -0.1) is 0 Å². The molecule has 2 aromatic carbocycles. The number of rotatable bonds is 3. The van der Waals surface area contributed by atoms with Crippen LogP contribution < -0.4 is 10.2 Å². The number of anilines is 2. The molecule has 0 spiro atoms. The first-order chi connectivity index (χ1) is 12.7. The number of nitrogens with one attached hydrogen (secondary N) is 1. The maximum Gasteiger partial charge on any atom is 0.418 e. The molecule has 0 saturated heterocycles. The molecule has 3 rings (SSSR count). The van der Waals surface area contributed by atoms with Crippen LogP contribution in [0.15, 0.2) is 53.4 Å². The van der Waals surface area contributed by atoms with Gasteiger partial charge in [0.25, 0.3) is 5.91 Å². The third-order valence-electron chi connectivity index (χ3n) is 4.35. The van der Waals surface area contributed by atoms with Gasteiger partial charge in [0.1, 0.15) is 0 Å². The van der Waals surface area contributed by atoms with Gasteiger partial charge in [-0.05, 0) is 38.1 Å². The molecule has 1 aliphatic heterocycles. The van der Waals surface area contributed by atoms with E-state index in [0.29, 0.717) is 12.2 Å². The minimum atomic E-state index is -4.61. The quantitative estimate of drug-likeness (QED) is 0.777. The Morgan fingerprint density at radius 3 is 2.44 bits per heavy atom. The number of hydrogen-bond acceptors (Lipinski definition) is 3. The Kier molecular flexibility index (Phi) is 4.94. The molecule has 1 aliphatic rings. The van der Waals surface area contributed by atoms with Gasteiger partial charge < -0.3 is 10.2 Å². The van der Waals surface area contributed by atoms with Crippen LogP contribution in [-0.2, 0) is 15.8 Å². The van der Waals surface area contributed by atoms with Crippen molar-refractivity contribution in [1.29, 1.82) is 0 Å². The Morgan fingerprint density at radius 2 is 1.78 bits per heavy atom. The summed E-state index contributed by atoms with van der Waals surface area (Å²) in [5, 5.41) is 2.31. The van der Waals surface area contributed by atoms with Crippen LogP contribution in [0, 0.1) is 0 Å². The molecule has 0 fully saturated rings. The summed E-state index contributed by atoms with van der Waals surface area (Å²) in [7, 11) is 0. The van der Waals surface area contributed by atoms with Crippen molar-refractivity contribution >= 4 is 35.0 Å². The molecule has 1 N–H and O–H groups in total. The third-order valence-corrected chi connectivity index (χ3v) is 5.69. The predicted octanol–water partition coefficient (Wildman–Crippen LogP) is 4.56. The molecule has 0 bridgehead atoms. The largest absolute Gasteiger partial charge is 0.418 e. The average molecular weight is 394 g/mol. The summed E-state index contributed by atoms with van der Waals surface area (Å²) in [6, 6.07) is 11.8. The number of alkyl halides is 3. The van der Waals surface area contributed by atoms with Crippen molar-refractivity contribution in [3.05, 3.63) is 54.1 Å². The maximum atomic E-state index is 13.2. The topological polar surface area (TPSA) is 49.4 Å². The van der Waals surface area contributed by atoms with Gasteiger partial charge in [0.15, 0.2) is 4.75 Å². The number of benzene rings is 2. The lowest BCUT2D eigenvalue weighted by molar-refractivity contribution is -0.137. The van der Waals surface area contributed by atoms with E-state index in [1.807, 2.05) is 0 Å². The fourth-order valence-electron chi connectivity index (χ4n) is 2.94. The van der Waals surface area contributed by atoms with Gasteiger partial charge in [-0.3, -0.25) is 9.59 Å². The van der Waals surface area contributed by atoms with E-state index in [4.69, 9.17) is 0 Å². The summed E-state index contributed by atoms with van der Waals surface area (Å²) in [4.78, 5) is 28.1. The maximum absolute atomic E-state index is 13.2. The SMILES string of the molecule is CCN1C(=O)C(C)(C(=O)Nc2ccccc2C(F)(F)F)Sc2ccccc21. The zero-order chi connectivity index (χ0) is 19.8. The van der Waals surface area contributed by atoms with E-state index in [-0.39, 0.29) is 5.69 Å². The van der Waals surface area contributed by atoms with Gasteiger partial charge in [0, 0.05) is 11.4 Å². The average Bonchev–Trinajstić information content (AvgIpc) is 2.62. The number of carbonyl (C=O) groups excluding carboxylic acids is 2. The van der Waals surface area contributed by atoms with Gasteiger partial charge in [0.2, 0.25) is 5.91 Å². The Labute approximate surface area is 158 Å². The van der Waals surface area contributed by atoms with E-state index in [2.05, 4.69) is 5.32 Å². The number of fused-ring (bicyclic) bond motifs is 1. The van der Waals surface area contributed by atoms with E-state index in [0.717, 1.165) is 22.7 Å². The van der Waals surface area contributed by atoms with Crippen LogP contribution in [0.1, 0.15) is 19.4 Å². The van der Waals surface area contributed by atoms with Crippen molar-refractivity contribution in [2.45, 2.75) is 29.7 Å². The normalized spacial score (nSPS) is 19.6. The fraction of sp³-hybridized carbons (Fsp3) is 0.263. The first kappa shape index (κ1) is 19.3. The zero-order valence-corrected chi connectivity index (χ0v) is 15.4. The Balaban J connectivity index is 1.97. The molecule has 0 aromatic heterocycles. The molecule has 1 atom stereocenters. The van der Waals surface area contributed by atoms with Crippen molar-refractivity contribution in [2.75, 3.05) is 16.8 Å².